The molecule has 0 fully saturated rings. The first-order chi connectivity index (χ1) is 8.50. The lowest BCUT2D eigenvalue weighted by Crippen LogP contribution is -2.13. The molecule has 2 N–H and O–H groups in total. The van der Waals surface area contributed by atoms with Gasteiger partial charge >= 0.3 is 5.97 Å². The van der Waals surface area contributed by atoms with E-state index in [2.05, 4.69) is 21.2 Å². The topological polar surface area (TPSA) is 66.4 Å². The minimum atomic E-state index is -1.03. The van der Waals surface area contributed by atoms with Crippen molar-refractivity contribution in [3.63, 3.8) is 0 Å². The number of nitrogens with one attached hydrogen (secondary N) is 1. The second kappa shape index (κ2) is 5.21. The summed E-state index contributed by atoms with van der Waals surface area (Å²) in [4.78, 5) is 23.7. The molecule has 0 bridgehead atoms. The highest BCUT2D eigenvalue weighted by Gasteiger charge is 2.19. The molecule has 0 unspecified atom stereocenters. The largest absolute Gasteiger partial charge is 0.477 e. The summed E-state index contributed by atoms with van der Waals surface area (Å²) in [5.41, 5.74) is 1.12. The van der Waals surface area contributed by atoms with Crippen LogP contribution in [0, 0.1) is 6.92 Å². The van der Waals surface area contributed by atoms with Crippen LogP contribution >= 0.6 is 38.6 Å². The number of carbonyl (C=O) groups is 2. The number of hydrogen-bond acceptors (Lipinski definition) is 4. The van der Waals surface area contributed by atoms with Crippen molar-refractivity contribution in [3.8, 4) is 0 Å². The molecule has 0 saturated carbocycles. The van der Waals surface area contributed by atoms with Crippen LogP contribution in [-0.2, 0) is 0 Å². The number of thiophene rings is 2. The smallest absolute Gasteiger partial charge is 0.348 e. The number of carbonyl (C=O) groups excluding carboxylic acids is 1. The van der Waals surface area contributed by atoms with Crippen LogP contribution in [-0.4, -0.2) is 17.0 Å². The van der Waals surface area contributed by atoms with Gasteiger partial charge in [-0.1, -0.05) is 0 Å². The van der Waals surface area contributed by atoms with Crippen LogP contribution in [0.25, 0.3) is 0 Å². The van der Waals surface area contributed by atoms with Gasteiger partial charge in [-0.15, -0.1) is 22.7 Å². The van der Waals surface area contributed by atoms with Crippen molar-refractivity contribution in [1.82, 2.24) is 0 Å². The summed E-state index contributed by atoms with van der Waals surface area (Å²) in [6.07, 6.45) is 0. The minimum absolute atomic E-state index is 0.147. The van der Waals surface area contributed by atoms with Crippen molar-refractivity contribution in [2.45, 2.75) is 6.92 Å². The van der Waals surface area contributed by atoms with Gasteiger partial charge in [0.05, 0.1) is 5.69 Å². The molecule has 18 heavy (non-hydrogen) atoms. The molecule has 0 aliphatic carbocycles. The van der Waals surface area contributed by atoms with E-state index in [9.17, 15) is 9.59 Å². The molecule has 0 radical (unpaired) electrons. The molecule has 2 aromatic heterocycles. The number of hydrogen-bond donors (Lipinski definition) is 2. The number of amides is 1. The molecule has 2 rings (SSSR count). The second-order valence-electron chi connectivity index (χ2n) is 3.48. The molecule has 2 heterocycles. The maximum Gasteiger partial charge on any atom is 0.348 e. The SMILES string of the molecule is Cc1csc(C(=O)O)c1NC(=O)c1sccc1Br. The Balaban J connectivity index is 2.30. The van der Waals surface area contributed by atoms with Gasteiger partial charge in [0.15, 0.2) is 0 Å². The maximum absolute atomic E-state index is 12.0. The second-order valence-corrected chi connectivity index (χ2v) is 6.13. The number of aromatic carboxylic acids is 1. The normalized spacial score (nSPS) is 10.3. The van der Waals surface area contributed by atoms with E-state index in [1.807, 2.05) is 0 Å². The Bertz CT molecular complexity index is 618. The summed E-state index contributed by atoms with van der Waals surface area (Å²) in [7, 11) is 0. The van der Waals surface area contributed by atoms with Gasteiger partial charge in [-0.2, -0.15) is 0 Å². The van der Waals surface area contributed by atoms with Crippen molar-refractivity contribution in [3.05, 3.63) is 36.6 Å². The van der Waals surface area contributed by atoms with E-state index in [1.165, 1.54) is 11.3 Å². The van der Waals surface area contributed by atoms with Gasteiger partial charge in [0.2, 0.25) is 0 Å². The molecule has 0 atom stereocenters. The summed E-state index contributed by atoms with van der Waals surface area (Å²) in [5.74, 6) is -1.34. The van der Waals surface area contributed by atoms with Crippen molar-refractivity contribution in [1.29, 1.82) is 0 Å². The third-order valence-corrected chi connectivity index (χ3v) is 5.15. The molecule has 2 aromatic rings. The first kappa shape index (κ1) is 13.3. The van der Waals surface area contributed by atoms with Crippen molar-refractivity contribution >= 4 is 56.2 Å². The number of aryl methyl sites for hydroxylation is 1. The highest BCUT2D eigenvalue weighted by molar-refractivity contribution is 9.10. The van der Waals surface area contributed by atoms with Gasteiger partial charge in [0, 0.05) is 4.47 Å². The van der Waals surface area contributed by atoms with E-state index in [4.69, 9.17) is 5.11 Å². The molecule has 0 aromatic carbocycles. The standard InChI is InChI=1S/C11H8BrNO3S2/c1-5-4-18-9(11(15)16)7(5)13-10(14)8-6(12)2-3-17-8/h2-4H,1H3,(H,13,14)(H,15,16). The predicted molar refractivity (Wildman–Crippen MR) is 76.0 cm³/mol. The fraction of sp³-hybridized carbons (Fsp3) is 0.0909. The van der Waals surface area contributed by atoms with Gasteiger partial charge in [0.1, 0.15) is 9.75 Å². The van der Waals surface area contributed by atoms with Gasteiger partial charge in [-0.05, 0) is 45.2 Å². The number of anilines is 1. The van der Waals surface area contributed by atoms with E-state index in [0.29, 0.717) is 15.0 Å². The fourth-order valence-electron chi connectivity index (χ4n) is 1.38. The van der Waals surface area contributed by atoms with Crippen LogP contribution in [0.15, 0.2) is 21.3 Å². The molecule has 1 amide bonds. The number of rotatable bonds is 3. The third-order valence-electron chi connectivity index (χ3n) is 2.23. The summed E-state index contributed by atoms with van der Waals surface area (Å²) >= 11 is 5.67. The molecule has 0 aliphatic heterocycles. The number of halogens is 1. The lowest BCUT2D eigenvalue weighted by atomic mass is 10.2. The molecule has 4 nitrogen and oxygen atoms in total. The first-order valence-electron chi connectivity index (χ1n) is 4.86. The average Bonchev–Trinajstić information content (AvgIpc) is 2.86. The lowest BCUT2D eigenvalue weighted by Gasteiger charge is -2.05. The Kier molecular flexibility index (Phi) is 3.84. The van der Waals surface area contributed by atoms with Crippen molar-refractivity contribution < 1.29 is 14.7 Å². The Labute approximate surface area is 119 Å². The Morgan fingerprint density at radius 1 is 1.33 bits per heavy atom. The van der Waals surface area contributed by atoms with E-state index in [-0.39, 0.29) is 10.8 Å². The molecule has 7 heteroatoms. The van der Waals surface area contributed by atoms with Crippen LogP contribution in [0.4, 0.5) is 5.69 Å². The maximum atomic E-state index is 12.0. The van der Waals surface area contributed by atoms with E-state index >= 15 is 0 Å². The first-order valence-corrected chi connectivity index (χ1v) is 7.41. The zero-order valence-electron chi connectivity index (χ0n) is 9.19. The highest BCUT2D eigenvalue weighted by Crippen LogP contribution is 2.30. The van der Waals surface area contributed by atoms with Crippen LogP contribution in [0.1, 0.15) is 24.9 Å². The Morgan fingerprint density at radius 2 is 2.06 bits per heavy atom. The van der Waals surface area contributed by atoms with Crippen LogP contribution in [0.3, 0.4) is 0 Å². The highest BCUT2D eigenvalue weighted by atomic mass is 79.9. The Morgan fingerprint density at radius 3 is 2.61 bits per heavy atom. The van der Waals surface area contributed by atoms with E-state index < -0.39 is 5.97 Å². The molecule has 94 valence electrons. The van der Waals surface area contributed by atoms with Crippen LogP contribution in [0.5, 0.6) is 0 Å². The molecule has 0 spiro atoms. The van der Waals surface area contributed by atoms with Gasteiger partial charge in [-0.25, -0.2) is 4.79 Å². The van der Waals surface area contributed by atoms with Crippen molar-refractivity contribution in [2.75, 3.05) is 5.32 Å². The summed E-state index contributed by atoms with van der Waals surface area (Å²) in [6, 6.07) is 1.78. The molecular weight excluding hydrogens is 338 g/mol. The summed E-state index contributed by atoms with van der Waals surface area (Å²) in [5, 5.41) is 15.2. The van der Waals surface area contributed by atoms with Gasteiger partial charge in [0.25, 0.3) is 5.91 Å². The fourth-order valence-corrected chi connectivity index (χ4v) is 3.67. The molecular formula is C11H8BrNO3S2. The zero-order chi connectivity index (χ0) is 13.3. The van der Waals surface area contributed by atoms with Crippen LogP contribution < -0.4 is 5.32 Å². The van der Waals surface area contributed by atoms with E-state index in [0.717, 1.165) is 16.9 Å². The van der Waals surface area contributed by atoms with Crippen molar-refractivity contribution in [2.24, 2.45) is 0 Å². The predicted octanol–water partition coefficient (Wildman–Crippen LogP) is 3.83. The van der Waals surface area contributed by atoms with Gasteiger partial charge in [-0.3, -0.25) is 4.79 Å². The zero-order valence-corrected chi connectivity index (χ0v) is 12.4. The van der Waals surface area contributed by atoms with Crippen LogP contribution in [0.2, 0.25) is 0 Å². The number of carboxylic acid groups (broad SMARTS) is 1. The average molecular weight is 346 g/mol. The lowest BCUT2D eigenvalue weighted by molar-refractivity contribution is 0.0703. The quantitative estimate of drug-likeness (QED) is 0.888. The molecule has 0 saturated heterocycles. The third kappa shape index (κ3) is 2.47. The molecule has 0 aliphatic rings. The van der Waals surface area contributed by atoms with Gasteiger partial charge < -0.3 is 10.4 Å². The monoisotopic (exact) mass is 345 g/mol. The summed E-state index contributed by atoms with van der Waals surface area (Å²) in [6.45, 7) is 1.77. The van der Waals surface area contributed by atoms with E-state index in [1.54, 1.807) is 23.8 Å². The summed E-state index contributed by atoms with van der Waals surface area (Å²) < 4.78 is 0.703. The number of carboxylic acids is 1. The Hall–Kier alpha value is -1.18. The minimum Gasteiger partial charge on any atom is -0.477 e.